The molecule has 9 nitrogen and oxygen atoms in total. The Balaban J connectivity index is 1.53. The van der Waals surface area contributed by atoms with E-state index in [1.54, 1.807) is 13.0 Å². The Morgan fingerprint density at radius 1 is 1.18 bits per heavy atom. The van der Waals surface area contributed by atoms with Crippen LogP contribution in [0.3, 0.4) is 0 Å². The number of benzene rings is 2. The minimum absolute atomic E-state index is 0.112. The molecule has 0 fully saturated rings. The lowest BCUT2D eigenvalue weighted by Crippen LogP contribution is -2.39. The van der Waals surface area contributed by atoms with Gasteiger partial charge in [-0.3, -0.25) is 14.0 Å². The Kier molecular flexibility index (Phi) is 5.12. The molecular formula is C23H24N4O5S. The van der Waals surface area contributed by atoms with Gasteiger partial charge in [0.2, 0.25) is 5.89 Å². The highest BCUT2D eigenvalue weighted by Gasteiger charge is 2.38. The number of ether oxygens (including phenoxy) is 1. The van der Waals surface area contributed by atoms with Gasteiger partial charge in [0.1, 0.15) is 5.75 Å². The van der Waals surface area contributed by atoms with Gasteiger partial charge >= 0.3 is 0 Å². The van der Waals surface area contributed by atoms with Crippen LogP contribution in [0.25, 0.3) is 0 Å². The molecule has 0 N–H and O–H groups in total. The third-order valence-electron chi connectivity index (χ3n) is 5.99. The lowest BCUT2D eigenvalue weighted by Gasteiger charge is -2.30. The van der Waals surface area contributed by atoms with Crippen LogP contribution in [-0.2, 0) is 34.2 Å². The molecule has 1 amide bonds. The van der Waals surface area contributed by atoms with Crippen molar-refractivity contribution < 1.29 is 22.5 Å². The van der Waals surface area contributed by atoms with Crippen molar-refractivity contribution in [3.05, 3.63) is 59.2 Å². The fourth-order valence-electron chi connectivity index (χ4n) is 4.43. The van der Waals surface area contributed by atoms with Crippen molar-refractivity contribution in [2.24, 2.45) is 0 Å². The second kappa shape index (κ2) is 7.87. The number of nitrogens with zero attached hydrogens (tertiary/aromatic N) is 4. The number of hydrogen-bond donors (Lipinski definition) is 0. The number of para-hydroxylation sites is 1. The van der Waals surface area contributed by atoms with Crippen LogP contribution < -0.4 is 13.9 Å². The number of carbonyl (C=O) groups is 1. The maximum absolute atomic E-state index is 13.7. The summed E-state index contributed by atoms with van der Waals surface area (Å²) in [7, 11) is -3.85. The number of amides is 1. The van der Waals surface area contributed by atoms with E-state index in [1.807, 2.05) is 38.1 Å². The molecule has 2 aliphatic rings. The fourth-order valence-corrected chi connectivity index (χ4v) is 6.35. The summed E-state index contributed by atoms with van der Waals surface area (Å²) in [6.45, 7) is 5.44. The van der Waals surface area contributed by atoms with Crippen molar-refractivity contribution in [3.63, 3.8) is 0 Å². The van der Waals surface area contributed by atoms with Gasteiger partial charge in [-0.15, -0.1) is 0 Å². The van der Waals surface area contributed by atoms with Crippen molar-refractivity contribution >= 4 is 27.3 Å². The lowest BCUT2D eigenvalue weighted by atomic mass is 10.1. The van der Waals surface area contributed by atoms with E-state index in [-0.39, 0.29) is 30.0 Å². The standard InChI is InChI=1S/C23H24N4O5S/c1-4-22-24-21(25-32-22)12-26-18-9-14(2)20(11-19(18)31-13-23(26)28)33(29,30)27-15(3)10-16-7-5-6-8-17(16)27/h5-9,11,15H,4,10,12-13H2,1-3H3. The van der Waals surface area contributed by atoms with Crippen LogP contribution in [-0.4, -0.2) is 37.1 Å². The molecule has 0 radical (unpaired) electrons. The van der Waals surface area contributed by atoms with E-state index in [4.69, 9.17) is 9.26 Å². The molecular weight excluding hydrogens is 444 g/mol. The summed E-state index contributed by atoms with van der Waals surface area (Å²) in [4.78, 5) is 18.5. The van der Waals surface area contributed by atoms with E-state index in [0.717, 1.165) is 5.56 Å². The van der Waals surface area contributed by atoms with Crippen LogP contribution in [0.5, 0.6) is 5.75 Å². The number of rotatable bonds is 5. The highest BCUT2D eigenvalue weighted by Crippen LogP contribution is 2.41. The molecule has 172 valence electrons. The summed E-state index contributed by atoms with van der Waals surface area (Å²) in [5.41, 5.74) is 2.71. The van der Waals surface area contributed by atoms with Crippen LogP contribution in [0, 0.1) is 6.92 Å². The highest BCUT2D eigenvalue weighted by atomic mass is 32.2. The second-order valence-corrected chi connectivity index (χ2v) is 10.1. The van der Waals surface area contributed by atoms with Gasteiger partial charge in [0.25, 0.3) is 15.9 Å². The van der Waals surface area contributed by atoms with E-state index < -0.39 is 10.0 Å². The zero-order valence-corrected chi connectivity index (χ0v) is 19.4. The summed E-state index contributed by atoms with van der Waals surface area (Å²) in [5.74, 6) is 0.939. The molecule has 0 spiro atoms. The zero-order chi connectivity index (χ0) is 23.3. The van der Waals surface area contributed by atoms with Crippen LogP contribution in [0.4, 0.5) is 11.4 Å². The van der Waals surface area contributed by atoms with Crippen molar-refractivity contribution in [1.29, 1.82) is 0 Å². The third-order valence-corrected chi connectivity index (χ3v) is 8.06. The minimum atomic E-state index is -3.85. The van der Waals surface area contributed by atoms with E-state index >= 15 is 0 Å². The van der Waals surface area contributed by atoms with Gasteiger partial charge < -0.3 is 9.26 Å². The molecule has 0 aliphatic carbocycles. The summed E-state index contributed by atoms with van der Waals surface area (Å²) in [5, 5.41) is 3.93. The molecule has 33 heavy (non-hydrogen) atoms. The number of aryl methyl sites for hydroxylation is 2. The van der Waals surface area contributed by atoms with E-state index in [1.165, 1.54) is 15.3 Å². The molecule has 1 atom stereocenters. The molecule has 5 rings (SSSR count). The molecule has 0 saturated heterocycles. The van der Waals surface area contributed by atoms with Crippen molar-refractivity contribution in [2.45, 2.75) is 51.1 Å². The van der Waals surface area contributed by atoms with Crippen LogP contribution in [0.2, 0.25) is 0 Å². The van der Waals surface area contributed by atoms with Gasteiger partial charge in [-0.1, -0.05) is 30.3 Å². The average molecular weight is 469 g/mol. The number of fused-ring (bicyclic) bond motifs is 2. The predicted octanol–water partition coefficient (Wildman–Crippen LogP) is 3.01. The number of anilines is 2. The number of sulfonamides is 1. The van der Waals surface area contributed by atoms with E-state index in [0.29, 0.717) is 47.2 Å². The third kappa shape index (κ3) is 3.54. The quantitative estimate of drug-likeness (QED) is 0.567. The Labute approximate surface area is 192 Å². The minimum Gasteiger partial charge on any atom is -0.482 e. The summed E-state index contributed by atoms with van der Waals surface area (Å²) < 4.78 is 39.8. The smallest absolute Gasteiger partial charge is 0.265 e. The maximum Gasteiger partial charge on any atom is 0.265 e. The molecule has 10 heteroatoms. The fraction of sp³-hybridized carbons (Fsp3) is 0.348. The first-order valence-corrected chi connectivity index (χ1v) is 12.2. The summed E-state index contributed by atoms with van der Waals surface area (Å²) in [6, 6.07) is 10.5. The number of hydrogen-bond acceptors (Lipinski definition) is 7. The first-order chi connectivity index (χ1) is 15.8. The Bertz CT molecular complexity index is 1350. The molecule has 2 aromatic carbocycles. The molecule has 3 aromatic rings. The predicted molar refractivity (Wildman–Crippen MR) is 121 cm³/mol. The maximum atomic E-state index is 13.7. The van der Waals surface area contributed by atoms with E-state index in [9.17, 15) is 13.2 Å². The number of carbonyl (C=O) groups excluding carboxylic acids is 1. The van der Waals surface area contributed by atoms with Gasteiger partial charge in [0, 0.05) is 18.5 Å². The summed E-state index contributed by atoms with van der Waals surface area (Å²) in [6.07, 6.45) is 1.25. The number of aromatic nitrogens is 2. The first kappa shape index (κ1) is 21.4. The van der Waals surface area contributed by atoms with Gasteiger partial charge in [0.05, 0.1) is 22.8 Å². The van der Waals surface area contributed by atoms with Crippen molar-refractivity contribution in [1.82, 2.24) is 10.1 Å². The largest absolute Gasteiger partial charge is 0.482 e. The summed E-state index contributed by atoms with van der Waals surface area (Å²) >= 11 is 0. The topological polar surface area (TPSA) is 106 Å². The molecule has 0 bridgehead atoms. The molecule has 1 unspecified atom stereocenters. The van der Waals surface area contributed by atoms with Gasteiger partial charge in [0.15, 0.2) is 12.4 Å². The van der Waals surface area contributed by atoms with E-state index in [2.05, 4.69) is 10.1 Å². The Morgan fingerprint density at radius 2 is 1.97 bits per heavy atom. The SMILES string of the molecule is CCc1nc(CN2C(=O)COc3cc(S(=O)(=O)N4c5ccccc5CC4C)c(C)cc32)no1. The average Bonchev–Trinajstić information content (AvgIpc) is 3.38. The molecule has 3 heterocycles. The van der Waals surface area contributed by atoms with Crippen molar-refractivity contribution in [2.75, 3.05) is 15.8 Å². The van der Waals surface area contributed by atoms with Crippen LogP contribution in [0.15, 0.2) is 45.8 Å². The Morgan fingerprint density at radius 3 is 2.73 bits per heavy atom. The zero-order valence-electron chi connectivity index (χ0n) is 18.6. The molecule has 2 aliphatic heterocycles. The van der Waals surface area contributed by atoms with Gasteiger partial charge in [-0.25, -0.2) is 8.42 Å². The monoisotopic (exact) mass is 468 g/mol. The Hall–Kier alpha value is -3.40. The second-order valence-electron chi connectivity index (χ2n) is 8.29. The molecule has 1 aromatic heterocycles. The van der Waals surface area contributed by atoms with Crippen LogP contribution >= 0.6 is 0 Å². The van der Waals surface area contributed by atoms with Gasteiger partial charge in [-0.2, -0.15) is 4.98 Å². The lowest BCUT2D eigenvalue weighted by molar-refractivity contribution is -0.121. The first-order valence-electron chi connectivity index (χ1n) is 10.8. The van der Waals surface area contributed by atoms with Crippen molar-refractivity contribution in [3.8, 4) is 5.75 Å². The van der Waals surface area contributed by atoms with Gasteiger partial charge in [-0.05, 0) is 43.5 Å². The highest BCUT2D eigenvalue weighted by molar-refractivity contribution is 7.93. The normalized spacial score (nSPS) is 17.7. The molecule has 0 saturated carbocycles. The van der Waals surface area contributed by atoms with Crippen LogP contribution in [0.1, 0.15) is 36.7 Å².